The Kier molecular flexibility index (Phi) is 4.10. The Morgan fingerprint density at radius 1 is 1.25 bits per heavy atom. The maximum absolute atomic E-state index is 12.9. The minimum Gasteiger partial charge on any atom is -0.247 e. The van der Waals surface area contributed by atoms with Crippen molar-refractivity contribution in [3.8, 4) is 0 Å². The van der Waals surface area contributed by atoms with Crippen LogP contribution in [-0.2, 0) is 11.0 Å². The lowest BCUT2D eigenvalue weighted by molar-refractivity contribution is 0.215. The molecule has 1 aliphatic heterocycles. The molecule has 0 saturated carbocycles. The minimum atomic E-state index is -1.15. The number of nitrogens with zero attached hydrogens (tertiary/aromatic N) is 1. The second-order valence-electron chi connectivity index (χ2n) is 3.81. The van der Waals surface area contributed by atoms with Crippen LogP contribution in [0.4, 0.5) is 4.39 Å². The second kappa shape index (κ2) is 5.38. The summed E-state index contributed by atoms with van der Waals surface area (Å²) in [4.78, 5) is 0.778. The summed E-state index contributed by atoms with van der Waals surface area (Å²) in [5.41, 5.74) is 0. The largest absolute Gasteiger partial charge is 0.247 e. The predicted molar refractivity (Wildman–Crippen MR) is 66.3 cm³/mol. The molecular formula is C11H13BrFNOS. The topological polar surface area (TPSA) is 20.3 Å². The SMILES string of the molecule is O=S(c1ccc(Br)cc1)N1CCC(F)CC1. The zero-order valence-corrected chi connectivity index (χ0v) is 11.1. The van der Waals surface area contributed by atoms with Crippen molar-refractivity contribution in [1.29, 1.82) is 0 Å². The lowest BCUT2D eigenvalue weighted by Crippen LogP contribution is -2.35. The third-order valence-electron chi connectivity index (χ3n) is 2.63. The van der Waals surface area contributed by atoms with Crippen molar-refractivity contribution in [1.82, 2.24) is 4.31 Å². The molecule has 88 valence electrons. The van der Waals surface area contributed by atoms with Crippen LogP contribution in [0.1, 0.15) is 12.8 Å². The molecule has 1 fully saturated rings. The van der Waals surface area contributed by atoms with Gasteiger partial charge >= 0.3 is 0 Å². The van der Waals surface area contributed by atoms with E-state index in [2.05, 4.69) is 15.9 Å². The number of benzene rings is 1. The second-order valence-corrected chi connectivity index (χ2v) is 6.21. The van der Waals surface area contributed by atoms with Gasteiger partial charge in [-0.05, 0) is 37.1 Å². The first-order valence-corrected chi connectivity index (χ1v) is 7.13. The van der Waals surface area contributed by atoms with Crippen molar-refractivity contribution in [3.63, 3.8) is 0 Å². The van der Waals surface area contributed by atoms with Crippen LogP contribution in [0, 0.1) is 0 Å². The molecule has 1 saturated heterocycles. The van der Waals surface area contributed by atoms with Gasteiger partial charge in [-0.1, -0.05) is 15.9 Å². The van der Waals surface area contributed by atoms with Gasteiger partial charge in [0.05, 0.1) is 4.90 Å². The van der Waals surface area contributed by atoms with Gasteiger partial charge in [-0.15, -0.1) is 0 Å². The molecule has 0 N–H and O–H groups in total. The highest BCUT2D eigenvalue weighted by Crippen LogP contribution is 2.20. The van der Waals surface area contributed by atoms with E-state index in [4.69, 9.17) is 0 Å². The zero-order valence-electron chi connectivity index (χ0n) is 8.73. The van der Waals surface area contributed by atoms with Gasteiger partial charge in [0.1, 0.15) is 17.2 Å². The Hall–Kier alpha value is -0.260. The Bertz CT molecular complexity index is 376. The van der Waals surface area contributed by atoms with E-state index in [0.29, 0.717) is 25.9 Å². The van der Waals surface area contributed by atoms with Crippen LogP contribution in [0.3, 0.4) is 0 Å². The van der Waals surface area contributed by atoms with Crippen molar-refractivity contribution >= 4 is 26.9 Å². The fraction of sp³-hybridized carbons (Fsp3) is 0.455. The lowest BCUT2D eigenvalue weighted by atomic mass is 10.1. The van der Waals surface area contributed by atoms with Gasteiger partial charge < -0.3 is 0 Å². The molecule has 2 rings (SSSR count). The van der Waals surface area contributed by atoms with Crippen LogP contribution < -0.4 is 0 Å². The molecule has 1 heterocycles. The predicted octanol–water partition coefficient (Wildman–Crippen LogP) is 2.91. The van der Waals surface area contributed by atoms with E-state index < -0.39 is 17.2 Å². The highest BCUT2D eigenvalue weighted by Gasteiger charge is 2.23. The molecule has 0 radical (unpaired) electrons. The van der Waals surface area contributed by atoms with Crippen molar-refractivity contribution in [3.05, 3.63) is 28.7 Å². The molecule has 5 heteroatoms. The van der Waals surface area contributed by atoms with E-state index in [1.165, 1.54) is 0 Å². The number of halogens is 2. The van der Waals surface area contributed by atoms with Crippen LogP contribution in [-0.4, -0.2) is 27.8 Å². The summed E-state index contributed by atoms with van der Waals surface area (Å²) in [6.45, 7) is 1.15. The molecule has 0 amide bonds. The normalized spacial score (nSPS) is 20.9. The van der Waals surface area contributed by atoms with Gasteiger partial charge in [-0.3, -0.25) is 0 Å². The highest BCUT2D eigenvalue weighted by molar-refractivity contribution is 9.10. The fourth-order valence-electron chi connectivity index (χ4n) is 1.69. The van der Waals surface area contributed by atoms with Crippen LogP contribution in [0.25, 0.3) is 0 Å². The highest BCUT2D eigenvalue weighted by atomic mass is 79.9. The Balaban J connectivity index is 2.05. The summed E-state index contributed by atoms with van der Waals surface area (Å²) in [7, 11) is -1.15. The summed E-state index contributed by atoms with van der Waals surface area (Å²) < 4.78 is 27.9. The third-order valence-corrected chi connectivity index (χ3v) is 4.67. The number of hydrogen-bond acceptors (Lipinski definition) is 1. The Labute approximate surface area is 106 Å². The zero-order chi connectivity index (χ0) is 11.5. The van der Waals surface area contributed by atoms with E-state index in [0.717, 1.165) is 9.37 Å². The summed E-state index contributed by atoms with van der Waals surface area (Å²) in [5, 5.41) is 0. The number of hydrogen-bond donors (Lipinski definition) is 0. The molecule has 1 unspecified atom stereocenters. The van der Waals surface area contributed by atoms with Crippen molar-refractivity contribution in [2.24, 2.45) is 0 Å². The lowest BCUT2D eigenvalue weighted by Gasteiger charge is -2.27. The Morgan fingerprint density at radius 2 is 1.81 bits per heavy atom. The Morgan fingerprint density at radius 3 is 2.38 bits per heavy atom. The van der Waals surface area contributed by atoms with Crippen LogP contribution in [0.15, 0.2) is 33.6 Å². The first kappa shape index (κ1) is 12.2. The van der Waals surface area contributed by atoms with E-state index >= 15 is 0 Å². The number of alkyl halides is 1. The minimum absolute atomic E-state index is 0.488. The maximum atomic E-state index is 12.9. The summed E-state index contributed by atoms with van der Waals surface area (Å²) in [6, 6.07) is 7.41. The summed E-state index contributed by atoms with van der Waals surface area (Å²) in [6.07, 6.45) is 0.253. The molecule has 16 heavy (non-hydrogen) atoms. The number of rotatable bonds is 2. The van der Waals surface area contributed by atoms with E-state index in [1.807, 2.05) is 28.6 Å². The monoisotopic (exact) mass is 305 g/mol. The molecule has 1 aromatic carbocycles. The van der Waals surface area contributed by atoms with Crippen LogP contribution in [0.5, 0.6) is 0 Å². The maximum Gasteiger partial charge on any atom is 0.127 e. The molecule has 1 atom stereocenters. The van der Waals surface area contributed by atoms with Gasteiger partial charge in [-0.25, -0.2) is 12.9 Å². The van der Waals surface area contributed by atoms with Gasteiger partial charge in [0, 0.05) is 17.6 Å². The van der Waals surface area contributed by atoms with E-state index in [-0.39, 0.29) is 0 Å². The van der Waals surface area contributed by atoms with Gasteiger partial charge in [0.15, 0.2) is 0 Å². The molecule has 1 aliphatic rings. The molecule has 1 aromatic rings. The molecule has 2 nitrogen and oxygen atoms in total. The van der Waals surface area contributed by atoms with Crippen molar-refractivity contribution < 1.29 is 8.60 Å². The smallest absolute Gasteiger partial charge is 0.127 e. The molecule has 0 aliphatic carbocycles. The van der Waals surface area contributed by atoms with Gasteiger partial charge in [-0.2, -0.15) is 0 Å². The van der Waals surface area contributed by atoms with E-state index in [9.17, 15) is 8.60 Å². The quantitative estimate of drug-likeness (QED) is 0.823. The first-order chi connectivity index (χ1) is 7.66. The van der Waals surface area contributed by atoms with Crippen LogP contribution >= 0.6 is 15.9 Å². The summed E-state index contributed by atoms with van der Waals surface area (Å²) >= 11 is 3.34. The fourth-order valence-corrected chi connectivity index (χ4v) is 3.16. The standard InChI is InChI=1S/C11H13BrFNOS/c12-9-1-3-11(4-2-9)16(15)14-7-5-10(13)6-8-14/h1-4,10H,5-8H2. The molecule has 0 bridgehead atoms. The summed E-state index contributed by atoms with van der Waals surface area (Å²) in [5.74, 6) is 0. The van der Waals surface area contributed by atoms with Crippen molar-refractivity contribution in [2.45, 2.75) is 23.9 Å². The van der Waals surface area contributed by atoms with Gasteiger partial charge in [0.2, 0.25) is 0 Å². The number of piperidine rings is 1. The molecule has 0 aromatic heterocycles. The molecule has 0 spiro atoms. The average molecular weight is 306 g/mol. The third kappa shape index (κ3) is 2.90. The van der Waals surface area contributed by atoms with E-state index in [1.54, 1.807) is 0 Å². The van der Waals surface area contributed by atoms with Crippen LogP contribution in [0.2, 0.25) is 0 Å². The average Bonchev–Trinajstić information content (AvgIpc) is 2.30. The van der Waals surface area contributed by atoms with Gasteiger partial charge in [0.25, 0.3) is 0 Å². The van der Waals surface area contributed by atoms with Crippen molar-refractivity contribution in [2.75, 3.05) is 13.1 Å². The first-order valence-electron chi connectivity index (χ1n) is 5.23. The molecular weight excluding hydrogens is 293 g/mol.